The highest BCUT2D eigenvalue weighted by Gasteiger charge is 2.38. The zero-order valence-corrected chi connectivity index (χ0v) is 21.0. The number of guanidine groups is 1. The number of amides is 2. The Hall–Kier alpha value is -4.28. The summed E-state index contributed by atoms with van der Waals surface area (Å²) < 4.78 is 5.28. The minimum atomic E-state index is -1.02. The van der Waals surface area contributed by atoms with Crippen LogP contribution in [0.1, 0.15) is 57.0 Å². The monoisotopic (exact) mass is 495 g/mol. The second-order valence-corrected chi connectivity index (χ2v) is 9.72. The molecule has 11 heteroatoms. The van der Waals surface area contributed by atoms with Gasteiger partial charge in [0, 0.05) is 24.4 Å². The van der Waals surface area contributed by atoms with E-state index in [1.54, 1.807) is 52.0 Å². The Morgan fingerprint density at radius 1 is 1.19 bits per heavy atom. The summed E-state index contributed by atoms with van der Waals surface area (Å²) in [6.45, 7) is 8.28. The van der Waals surface area contributed by atoms with Gasteiger partial charge in [-0.25, -0.2) is 9.79 Å². The van der Waals surface area contributed by atoms with Gasteiger partial charge in [-0.1, -0.05) is 12.1 Å². The smallest absolute Gasteiger partial charge is 0.414 e. The van der Waals surface area contributed by atoms with E-state index in [-0.39, 0.29) is 41.0 Å². The summed E-state index contributed by atoms with van der Waals surface area (Å²) in [5, 5.41) is 17.1. The lowest BCUT2D eigenvalue weighted by Crippen LogP contribution is -2.52. The second kappa shape index (κ2) is 9.76. The van der Waals surface area contributed by atoms with Gasteiger partial charge >= 0.3 is 6.09 Å². The number of anilines is 2. The first kappa shape index (κ1) is 26.3. The minimum absolute atomic E-state index is 0.0416. The van der Waals surface area contributed by atoms with Crippen molar-refractivity contribution in [2.45, 2.75) is 52.2 Å². The molecular weight excluding hydrogens is 466 g/mol. The fourth-order valence-corrected chi connectivity index (χ4v) is 3.65. The molecule has 3 rings (SSSR count). The maximum atomic E-state index is 12.8. The summed E-state index contributed by atoms with van der Waals surface area (Å²) in [6.07, 6.45) is -0.693. The average Bonchev–Trinajstić information content (AvgIpc) is 2.76. The quantitative estimate of drug-likeness (QED) is 0.353. The van der Waals surface area contributed by atoms with Gasteiger partial charge in [-0.3, -0.25) is 29.9 Å². The van der Waals surface area contributed by atoms with Crippen LogP contribution in [0.5, 0.6) is 0 Å². The Bertz CT molecular complexity index is 1270. The number of nitro benzene ring substituents is 1. The molecule has 0 aromatic heterocycles. The van der Waals surface area contributed by atoms with Crippen LogP contribution < -0.4 is 10.6 Å². The molecule has 1 aliphatic rings. The summed E-state index contributed by atoms with van der Waals surface area (Å²) in [4.78, 5) is 53.6. The third-order valence-electron chi connectivity index (χ3n) is 5.52. The molecule has 0 saturated carbocycles. The number of nitrogens with zero attached hydrogens (tertiary/aromatic N) is 3. The summed E-state index contributed by atoms with van der Waals surface area (Å²) in [7, 11) is 1.51. The molecule has 0 saturated heterocycles. The van der Waals surface area contributed by atoms with E-state index in [1.165, 1.54) is 37.1 Å². The largest absolute Gasteiger partial charge is 0.444 e. The van der Waals surface area contributed by atoms with Gasteiger partial charge in [0.1, 0.15) is 11.3 Å². The van der Waals surface area contributed by atoms with Crippen molar-refractivity contribution in [2.75, 3.05) is 12.4 Å². The molecule has 0 spiro atoms. The normalized spacial score (nSPS) is 17.8. The number of aliphatic imine (C=N–C) groups is 1. The van der Waals surface area contributed by atoms with Crippen LogP contribution in [0.3, 0.4) is 0 Å². The minimum Gasteiger partial charge on any atom is -0.444 e. The third-order valence-corrected chi connectivity index (χ3v) is 5.52. The first-order chi connectivity index (χ1) is 16.7. The topological polar surface area (TPSA) is 143 Å². The highest BCUT2D eigenvalue weighted by Crippen LogP contribution is 2.36. The van der Waals surface area contributed by atoms with Crippen LogP contribution in [0.25, 0.3) is 0 Å². The zero-order chi connectivity index (χ0) is 26.8. The number of carbonyl (C=O) groups is 3. The van der Waals surface area contributed by atoms with Crippen LogP contribution in [0.15, 0.2) is 47.5 Å². The van der Waals surface area contributed by atoms with Gasteiger partial charge in [0.15, 0.2) is 5.78 Å². The first-order valence-corrected chi connectivity index (χ1v) is 11.2. The number of hydrogen-bond acceptors (Lipinski definition) is 8. The van der Waals surface area contributed by atoms with Gasteiger partial charge in [-0.2, -0.15) is 0 Å². The van der Waals surface area contributed by atoms with Crippen LogP contribution in [0, 0.1) is 10.1 Å². The zero-order valence-electron chi connectivity index (χ0n) is 21.0. The second-order valence-electron chi connectivity index (χ2n) is 9.72. The fourth-order valence-electron chi connectivity index (χ4n) is 3.65. The van der Waals surface area contributed by atoms with Crippen molar-refractivity contribution in [3.8, 4) is 0 Å². The molecule has 1 heterocycles. The molecule has 1 atom stereocenters. The summed E-state index contributed by atoms with van der Waals surface area (Å²) in [5.74, 6) is -0.482. The van der Waals surface area contributed by atoms with Crippen molar-refractivity contribution in [1.29, 1.82) is 0 Å². The summed E-state index contributed by atoms with van der Waals surface area (Å²) in [6, 6.07) is 11.2. The number of nitrogens with one attached hydrogen (secondary N) is 2. The van der Waals surface area contributed by atoms with Crippen molar-refractivity contribution in [2.24, 2.45) is 4.99 Å². The molecule has 1 aliphatic heterocycles. The lowest BCUT2D eigenvalue weighted by Gasteiger charge is -2.35. The van der Waals surface area contributed by atoms with Crippen molar-refractivity contribution in [1.82, 2.24) is 10.2 Å². The predicted molar refractivity (Wildman–Crippen MR) is 134 cm³/mol. The Labute approximate surface area is 208 Å². The van der Waals surface area contributed by atoms with E-state index in [0.29, 0.717) is 11.3 Å². The maximum absolute atomic E-state index is 12.8. The number of rotatable bonds is 5. The lowest BCUT2D eigenvalue weighted by atomic mass is 9.87. The molecule has 11 nitrogen and oxygen atoms in total. The molecule has 0 fully saturated rings. The number of hydrogen-bond donors (Lipinski definition) is 2. The SMILES string of the molecule is CC(=O)c1ccc(Nc2cccc([C@]3(C)CC(=O)N(C)C(NC(=O)OC(C)(C)C)=N3)c2)c([N+](=O)[O-])c1. The molecular formula is C25H29N5O6. The molecule has 2 aromatic carbocycles. The molecule has 0 radical (unpaired) electrons. The van der Waals surface area contributed by atoms with E-state index >= 15 is 0 Å². The fraction of sp³-hybridized carbons (Fsp3) is 0.360. The predicted octanol–water partition coefficient (Wildman–Crippen LogP) is 4.50. The Morgan fingerprint density at radius 3 is 2.50 bits per heavy atom. The standard InChI is InChI=1S/C25H29N5O6/c1-15(31)16-10-11-19(20(12-16)30(34)35)26-18-9-7-8-17(13-18)25(5)14-21(32)29(6)22(28-25)27-23(33)36-24(2,3)4/h7-13,26H,14H2,1-6H3,(H,27,28,33)/t25-/m0/s1. The van der Waals surface area contributed by atoms with Gasteiger partial charge < -0.3 is 10.1 Å². The van der Waals surface area contributed by atoms with E-state index in [0.717, 1.165) is 0 Å². The first-order valence-electron chi connectivity index (χ1n) is 11.2. The lowest BCUT2D eigenvalue weighted by molar-refractivity contribution is -0.383. The number of ether oxygens (including phenoxy) is 1. The average molecular weight is 496 g/mol. The Balaban J connectivity index is 1.94. The summed E-state index contributed by atoms with van der Waals surface area (Å²) in [5.41, 5.74) is -0.362. The van der Waals surface area contributed by atoms with Gasteiger partial charge in [-0.05, 0) is 64.4 Å². The number of Topliss-reactive ketones (excluding diaryl/α,β-unsaturated/α-hetero) is 1. The van der Waals surface area contributed by atoms with E-state index in [4.69, 9.17) is 4.74 Å². The van der Waals surface area contributed by atoms with Crippen LogP contribution >= 0.6 is 0 Å². The molecule has 0 unspecified atom stereocenters. The molecule has 2 N–H and O–H groups in total. The number of ketones is 1. The van der Waals surface area contributed by atoms with Crippen LogP contribution in [0.2, 0.25) is 0 Å². The van der Waals surface area contributed by atoms with Crippen molar-refractivity contribution >= 4 is 40.8 Å². The highest BCUT2D eigenvalue weighted by molar-refractivity contribution is 6.05. The number of nitro groups is 1. The third kappa shape index (κ3) is 6.04. The van der Waals surface area contributed by atoms with Crippen molar-refractivity contribution in [3.05, 3.63) is 63.7 Å². The number of carbonyl (C=O) groups excluding carboxylic acids is 3. The van der Waals surface area contributed by atoms with E-state index in [1.807, 2.05) is 0 Å². The van der Waals surface area contributed by atoms with Crippen LogP contribution in [-0.4, -0.2) is 46.2 Å². The van der Waals surface area contributed by atoms with Gasteiger partial charge in [0.25, 0.3) is 5.69 Å². The van der Waals surface area contributed by atoms with Crippen LogP contribution in [0.4, 0.5) is 21.9 Å². The molecule has 0 bridgehead atoms. The van der Waals surface area contributed by atoms with Gasteiger partial charge in [0.05, 0.1) is 16.9 Å². The van der Waals surface area contributed by atoms with Crippen LogP contribution in [-0.2, 0) is 15.1 Å². The van der Waals surface area contributed by atoms with Gasteiger partial charge in [0.2, 0.25) is 11.9 Å². The molecule has 2 amide bonds. The summed E-state index contributed by atoms with van der Waals surface area (Å²) >= 11 is 0. The number of alkyl carbamates (subject to hydrolysis) is 1. The number of benzene rings is 2. The Kier molecular flexibility index (Phi) is 7.14. The molecule has 36 heavy (non-hydrogen) atoms. The molecule has 190 valence electrons. The van der Waals surface area contributed by atoms with Crippen molar-refractivity contribution < 1.29 is 24.0 Å². The van der Waals surface area contributed by atoms with Crippen molar-refractivity contribution in [3.63, 3.8) is 0 Å². The molecule has 2 aromatic rings. The Morgan fingerprint density at radius 2 is 1.89 bits per heavy atom. The maximum Gasteiger partial charge on any atom is 0.414 e. The highest BCUT2D eigenvalue weighted by atomic mass is 16.6. The van der Waals surface area contributed by atoms with E-state index in [2.05, 4.69) is 15.6 Å². The van der Waals surface area contributed by atoms with E-state index < -0.39 is 22.2 Å². The van der Waals surface area contributed by atoms with Gasteiger partial charge in [-0.15, -0.1) is 0 Å². The van der Waals surface area contributed by atoms with E-state index in [9.17, 15) is 24.5 Å². The molecule has 0 aliphatic carbocycles.